The van der Waals surface area contributed by atoms with Gasteiger partial charge < -0.3 is 23.9 Å². The lowest BCUT2D eigenvalue weighted by atomic mass is 9.77. The van der Waals surface area contributed by atoms with E-state index >= 15 is 17.6 Å². The molecule has 1 saturated heterocycles. The highest BCUT2D eigenvalue weighted by Crippen LogP contribution is 2.50. The summed E-state index contributed by atoms with van der Waals surface area (Å²) < 4.78 is 78.9. The maximum atomic E-state index is 15.8. The molecule has 6 atom stereocenters. The van der Waals surface area contributed by atoms with Gasteiger partial charge in [-0.15, -0.1) is 0 Å². The Hall–Kier alpha value is -3.51. The molecule has 44 heavy (non-hydrogen) atoms. The fraction of sp³-hybridized carbons (Fsp3) is 0.645. The molecule has 0 unspecified atom stereocenters. The summed E-state index contributed by atoms with van der Waals surface area (Å²) in [5, 5.41) is 0. The smallest absolute Gasteiger partial charge is 0.356 e. The van der Waals surface area contributed by atoms with Crippen molar-refractivity contribution in [1.82, 2.24) is 14.9 Å². The number of alkyl halides is 4. The van der Waals surface area contributed by atoms with Gasteiger partial charge in [-0.2, -0.15) is 17.6 Å². The van der Waals surface area contributed by atoms with Gasteiger partial charge in [-0.05, 0) is 42.7 Å². The number of methoxy groups -OCH3 is 1. The zero-order chi connectivity index (χ0) is 32.2. The molecule has 1 amide bonds. The van der Waals surface area contributed by atoms with Crippen LogP contribution in [0.25, 0.3) is 11.0 Å². The van der Waals surface area contributed by atoms with E-state index in [0.717, 1.165) is 0 Å². The number of rotatable bonds is 2. The molecule has 2 fully saturated rings. The number of carbonyl (C=O) groups excluding carboxylic acids is 3. The van der Waals surface area contributed by atoms with E-state index in [0.29, 0.717) is 18.5 Å². The van der Waals surface area contributed by atoms with Crippen molar-refractivity contribution in [3.8, 4) is 11.6 Å². The molecule has 1 aliphatic carbocycles. The summed E-state index contributed by atoms with van der Waals surface area (Å²) in [6, 6.07) is 3.17. The van der Waals surface area contributed by atoms with E-state index < -0.39 is 77.2 Å². The molecule has 13 heteroatoms. The number of hydrogen-bond acceptors (Lipinski definition) is 8. The summed E-state index contributed by atoms with van der Waals surface area (Å²) in [6.45, 7) is 6.76. The van der Waals surface area contributed by atoms with E-state index in [1.807, 2.05) is 0 Å². The van der Waals surface area contributed by atoms with Gasteiger partial charge in [-0.3, -0.25) is 9.59 Å². The van der Waals surface area contributed by atoms with Crippen molar-refractivity contribution in [2.45, 2.75) is 89.9 Å². The van der Waals surface area contributed by atoms with E-state index in [1.54, 1.807) is 27.7 Å². The van der Waals surface area contributed by atoms with Crippen LogP contribution in [0.15, 0.2) is 18.2 Å². The van der Waals surface area contributed by atoms with Crippen molar-refractivity contribution in [3.05, 3.63) is 23.9 Å². The zero-order valence-corrected chi connectivity index (χ0v) is 25.3. The van der Waals surface area contributed by atoms with Crippen LogP contribution in [0.1, 0.15) is 65.5 Å². The van der Waals surface area contributed by atoms with E-state index in [-0.39, 0.29) is 42.8 Å². The van der Waals surface area contributed by atoms with E-state index in [2.05, 4.69) is 9.97 Å². The molecule has 2 aliphatic heterocycles. The molecule has 1 aromatic carbocycles. The summed E-state index contributed by atoms with van der Waals surface area (Å²) in [5.74, 6) is -12.7. The molecule has 240 valence electrons. The Morgan fingerprint density at radius 1 is 1.07 bits per heavy atom. The first-order valence-electron chi connectivity index (χ1n) is 14.8. The van der Waals surface area contributed by atoms with Crippen LogP contribution in [0.4, 0.5) is 17.6 Å². The Kier molecular flexibility index (Phi) is 8.30. The lowest BCUT2D eigenvalue weighted by molar-refractivity contribution is -0.223. The van der Waals surface area contributed by atoms with Gasteiger partial charge in [0.25, 0.3) is 0 Å². The standard InChI is InChI=1S/C31H37F4N3O6/c1-16-22(15-39)38-14-24(16)44-27-26(36-20-9-8-18(42-5)12-21(20)37-27)31(34,35)30(32,33)10-6-7-17-11-23(17)43-25(40)13-19(28(38)41)29(2,3)4/h8-9,12,15-17,19,22-24H,6-7,10-11,13-14H2,1-5H3/t16-,17+,19+,22+,23+,24-/m0/s1. The lowest BCUT2D eigenvalue weighted by Crippen LogP contribution is -2.46. The third-order valence-electron chi connectivity index (χ3n) is 9.06. The second kappa shape index (κ2) is 11.4. The first-order valence-corrected chi connectivity index (χ1v) is 14.8. The normalized spacial score (nSPS) is 30.7. The minimum Gasteiger partial charge on any atom is -0.497 e. The SMILES string of the molecule is COc1ccc2nc3c(nc2c1)O[C@H]1CN(C(=O)[C@H](C(C)(C)C)CC(=O)O[C@@H]2C[C@H]2CCCC(F)(F)C3(F)F)[C@H](C=O)[C@@H]1C. The van der Waals surface area contributed by atoms with Gasteiger partial charge in [0.15, 0.2) is 5.69 Å². The third-order valence-corrected chi connectivity index (χ3v) is 9.06. The number of hydrogen-bond donors (Lipinski definition) is 0. The highest BCUT2D eigenvalue weighted by atomic mass is 19.3. The predicted octanol–water partition coefficient (Wildman–Crippen LogP) is 5.33. The molecule has 2 aromatic rings. The summed E-state index contributed by atoms with van der Waals surface area (Å²) in [5.41, 5.74) is -2.02. The Labute approximate surface area is 252 Å². The maximum absolute atomic E-state index is 15.8. The second-order valence-electron chi connectivity index (χ2n) is 13.2. The molecule has 0 radical (unpaired) electrons. The molecule has 0 N–H and O–H groups in total. The van der Waals surface area contributed by atoms with Gasteiger partial charge >= 0.3 is 17.8 Å². The average Bonchev–Trinajstić information content (AvgIpc) is 3.60. The van der Waals surface area contributed by atoms with Crippen molar-refractivity contribution in [1.29, 1.82) is 0 Å². The molecule has 3 heterocycles. The Morgan fingerprint density at radius 2 is 1.80 bits per heavy atom. The molecule has 2 bridgehead atoms. The molecule has 1 saturated carbocycles. The molecule has 5 rings (SSSR count). The number of esters is 1. The second-order valence-corrected chi connectivity index (χ2v) is 13.2. The molecule has 0 spiro atoms. The number of fused-ring (bicyclic) bond motifs is 5. The van der Waals surface area contributed by atoms with Crippen LogP contribution in [0.3, 0.4) is 0 Å². The quantitative estimate of drug-likeness (QED) is 0.251. The first-order chi connectivity index (χ1) is 20.6. The molecule has 1 aromatic heterocycles. The van der Waals surface area contributed by atoms with Crippen molar-refractivity contribution in [2.75, 3.05) is 13.7 Å². The monoisotopic (exact) mass is 623 g/mol. The number of ether oxygens (including phenoxy) is 3. The first kappa shape index (κ1) is 31.9. The van der Waals surface area contributed by atoms with E-state index in [1.165, 1.54) is 30.2 Å². The zero-order valence-electron chi connectivity index (χ0n) is 25.3. The fourth-order valence-electron chi connectivity index (χ4n) is 6.07. The van der Waals surface area contributed by atoms with Gasteiger partial charge in [0.05, 0.1) is 43.1 Å². The number of nitrogens with zero attached hydrogens (tertiary/aromatic N) is 3. The van der Waals surface area contributed by atoms with Gasteiger partial charge in [0.2, 0.25) is 11.8 Å². The average molecular weight is 624 g/mol. The van der Waals surface area contributed by atoms with E-state index in [9.17, 15) is 14.4 Å². The van der Waals surface area contributed by atoms with Crippen LogP contribution < -0.4 is 9.47 Å². The summed E-state index contributed by atoms with van der Waals surface area (Å²) in [6.07, 6.45) is -2.07. The number of amides is 1. The van der Waals surface area contributed by atoms with Gasteiger partial charge in [-0.1, -0.05) is 27.7 Å². The highest BCUT2D eigenvalue weighted by Gasteiger charge is 2.60. The van der Waals surface area contributed by atoms with Crippen molar-refractivity contribution in [3.63, 3.8) is 0 Å². The van der Waals surface area contributed by atoms with Crippen molar-refractivity contribution >= 4 is 29.2 Å². The topological polar surface area (TPSA) is 108 Å². The fourth-order valence-corrected chi connectivity index (χ4v) is 6.07. The van der Waals surface area contributed by atoms with Crippen LogP contribution >= 0.6 is 0 Å². The minimum absolute atomic E-state index is 0.0662. The van der Waals surface area contributed by atoms with Crippen molar-refractivity contribution in [2.24, 2.45) is 23.2 Å². The third kappa shape index (κ3) is 5.93. The predicted molar refractivity (Wildman–Crippen MR) is 149 cm³/mol. The van der Waals surface area contributed by atoms with Gasteiger partial charge in [-0.25, -0.2) is 9.97 Å². The maximum Gasteiger partial charge on any atom is 0.356 e. The molecule has 3 aliphatic rings. The largest absolute Gasteiger partial charge is 0.497 e. The summed E-state index contributed by atoms with van der Waals surface area (Å²) in [4.78, 5) is 48.4. The minimum atomic E-state index is -4.77. The number of carbonyl (C=O) groups is 3. The molecular formula is C31H37F4N3O6. The van der Waals surface area contributed by atoms with Crippen LogP contribution in [0.5, 0.6) is 11.6 Å². The Bertz CT molecular complexity index is 1450. The van der Waals surface area contributed by atoms with Gasteiger partial charge in [0.1, 0.15) is 24.2 Å². The number of benzene rings is 1. The molecular weight excluding hydrogens is 586 g/mol. The van der Waals surface area contributed by atoms with Gasteiger partial charge in [0, 0.05) is 18.4 Å². The number of halogens is 4. The van der Waals surface area contributed by atoms with Crippen LogP contribution in [-0.2, 0) is 25.0 Å². The lowest BCUT2D eigenvalue weighted by Gasteiger charge is -2.34. The Balaban J connectivity index is 1.60. The number of aldehydes is 1. The molecule has 9 nitrogen and oxygen atoms in total. The van der Waals surface area contributed by atoms with Crippen LogP contribution in [0, 0.1) is 23.2 Å². The highest BCUT2D eigenvalue weighted by molar-refractivity contribution is 5.87. The van der Waals surface area contributed by atoms with Crippen LogP contribution in [0.2, 0.25) is 0 Å². The van der Waals surface area contributed by atoms with E-state index in [4.69, 9.17) is 14.2 Å². The summed E-state index contributed by atoms with van der Waals surface area (Å²) in [7, 11) is 1.40. The van der Waals surface area contributed by atoms with Crippen molar-refractivity contribution < 1.29 is 46.2 Å². The summed E-state index contributed by atoms with van der Waals surface area (Å²) >= 11 is 0. The Morgan fingerprint density at radius 3 is 2.45 bits per heavy atom. The number of aromatic nitrogens is 2. The van der Waals surface area contributed by atoms with Crippen LogP contribution in [-0.4, -0.2) is 70.9 Å².